The van der Waals surface area contributed by atoms with Crippen molar-refractivity contribution in [3.63, 3.8) is 0 Å². The van der Waals surface area contributed by atoms with E-state index in [0.717, 1.165) is 19.4 Å². The van der Waals surface area contributed by atoms with E-state index in [1.807, 2.05) is 0 Å². The maximum Gasteiger partial charge on any atom is 0.131 e. The van der Waals surface area contributed by atoms with Gasteiger partial charge in [-0.3, -0.25) is 0 Å². The van der Waals surface area contributed by atoms with Crippen molar-refractivity contribution in [1.82, 2.24) is 5.32 Å². The van der Waals surface area contributed by atoms with Gasteiger partial charge in [-0.15, -0.1) is 12.3 Å². The van der Waals surface area contributed by atoms with E-state index in [2.05, 4.69) is 11.2 Å². The predicted molar refractivity (Wildman–Crippen MR) is 62.7 cm³/mol. The Morgan fingerprint density at radius 3 is 2.94 bits per heavy atom. The highest BCUT2D eigenvalue weighted by atomic mass is 19.1. The number of hydrogen-bond donors (Lipinski definition) is 1. The lowest BCUT2D eigenvalue weighted by atomic mass is 10.2. The fourth-order valence-electron chi connectivity index (χ4n) is 1.34. The summed E-state index contributed by atoms with van der Waals surface area (Å²) in [6, 6.07) is 4.86. The summed E-state index contributed by atoms with van der Waals surface area (Å²) in [6.07, 6.45) is 6.79. The molecular weight excluding hydrogens is 205 g/mol. The predicted octanol–water partition coefficient (Wildman–Crippen LogP) is 2.34. The molecule has 0 fully saturated rings. The van der Waals surface area contributed by atoms with Crippen LogP contribution in [0.25, 0.3) is 0 Å². The highest BCUT2D eigenvalue weighted by Crippen LogP contribution is 2.15. The Balaban J connectivity index is 2.40. The van der Waals surface area contributed by atoms with Crippen LogP contribution in [0.3, 0.4) is 0 Å². The fourth-order valence-corrected chi connectivity index (χ4v) is 1.34. The first kappa shape index (κ1) is 12.5. The van der Waals surface area contributed by atoms with Crippen LogP contribution in [0.1, 0.15) is 18.4 Å². The summed E-state index contributed by atoms with van der Waals surface area (Å²) in [6.45, 7) is 1.32. The Morgan fingerprint density at radius 1 is 1.50 bits per heavy atom. The number of benzene rings is 1. The Bertz CT molecular complexity index is 371. The minimum Gasteiger partial charge on any atom is -0.497 e. The zero-order valence-electron chi connectivity index (χ0n) is 9.42. The van der Waals surface area contributed by atoms with Crippen molar-refractivity contribution in [1.29, 1.82) is 0 Å². The van der Waals surface area contributed by atoms with E-state index < -0.39 is 0 Å². The van der Waals surface area contributed by atoms with E-state index >= 15 is 0 Å². The topological polar surface area (TPSA) is 21.3 Å². The van der Waals surface area contributed by atoms with Gasteiger partial charge in [-0.25, -0.2) is 4.39 Å². The fraction of sp³-hybridized carbons (Fsp3) is 0.385. The van der Waals surface area contributed by atoms with Gasteiger partial charge in [0.05, 0.1) is 7.11 Å². The van der Waals surface area contributed by atoms with Gasteiger partial charge in [0.25, 0.3) is 0 Å². The third-order valence-corrected chi connectivity index (χ3v) is 2.25. The lowest BCUT2D eigenvalue weighted by Gasteiger charge is -2.06. The minimum atomic E-state index is -0.246. The number of unbranched alkanes of at least 4 members (excludes halogenated alkanes) is 1. The summed E-state index contributed by atoms with van der Waals surface area (Å²) in [4.78, 5) is 0. The molecular formula is C13H16FNO. The molecule has 0 heterocycles. The molecule has 1 N–H and O–H groups in total. The molecule has 2 nitrogen and oxygen atoms in total. The molecule has 0 saturated heterocycles. The number of nitrogens with one attached hydrogen (secondary N) is 1. The van der Waals surface area contributed by atoms with Crippen molar-refractivity contribution < 1.29 is 9.13 Å². The Labute approximate surface area is 95.8 Å². The second-order valence-electron chi connectivity index (χ2n) is 3.44. The van der Waals surface area contributed by atoms with Crippen LogP contribution >= 0.6 is 0 Å². The van der Waals surface area contributed by atoms with Gasteiger partial charge in [0, 0.05) is 24.6 Å². The standard InChI is InChI=1S/C13H16FNO/c1-3-4-5-8-15-10-11-6-7-12(16-2)9-13(11)14/h1,6-7,9,15H,4-5,8,10H2,2H3. The van der Waals surface area contributed by atoms with Crippen LogP contribution in [0.4, 0.5) is 4.39 Å². The molecule has 0 aliphatic rings. The summed E-state index contributed by atoms with van der Waals surface area (Å²) >= 11 is 0. The van der Waals surface area contributed by atoms with Gasteiger partial charge in [0.15, 0.2) is 0 Å². The van der Waals surface area contributed by atoms with Gasteiger partial charge in [-0.2, -0.15) is 0 Å². The molecule has 1 aromatic carbocycles. The summed E-state index contributed by atoms with van der Waals surface area (Å²) in [5, 5.41) is 3.14. The van der Waals surface area contributed by atoms with E-state index in [1.54, 1.807) is 12.1 Å². The monoisotopic (exact) mass is 221 g/mol. The smallest absolute Gasteiger partial charge is 0.131 e. The zero-order valence-corrected chi connectivity index (χ0v) is 9.42. The molecule has 1 aromatic rings. The van der Waals surface area contributed by atoms with Crippen LogP contribution in [0.5, 0.6) is 5.75 Å². The maximum absolute atomic E-state index is 13.5. The van der Waals surface area contributed by atoms with Crippen LogP contribution in [0.2, 0.25) is 0 Å². The molecule has 0 saturated carbocycles. The SMILES string of the molecule is C#CCCCNCc1ccc(OC)cc1F. The van der Waals surface area contributed by atoms with Crippen LogP contribution in [-0.2, 0) is 6.54 Å². The van der Waals surface area contributed by atoms with Crippen LogP contribution in [0.15, 0.2) is 18.2 Å². The summed E-state index contributed by atoms with van der Waals surface area (Å²) in [7, 11) is 1.52. The molecule has 0 unspecified atom stereocenters. The second kappa shape index (κ2) is 6.86. The van der Waals surface area contributed by atoms with Crippen molar-refractivity contribution in [3.05, 3.63) is 29.6 Å². The van der Waals surface area contributed by atoms with Gasteiger partial charge >= 0.3 is 0 Å². The normalized spacial score (nSPS) is 9.81. The first-order valence-electron chi connectivity index (χ1n) is 5.24. The van der Waals surface area contributed by atoms with E-state index in [1.165, 1.54) is 13.2 Å². The molecule has 0 radical (unpaired) electrons. The molecule has 0 spiro atoms. The van der Waals surface area contributed by atoms with E-state index in [-0.39, 0.29) is 5.82 Å². The van der Waals surface area contributed by atoms with Crippen molar-refractivity contribution in [2.45, 2.75) is 19.4 Å². The van der Waals surface area contributed by atoms with Gasteiger partial charge in [-0.05, 0) is 19.0 Å². The average molecular weight is 221 g/mol. The first-order valence-corrected chi connectivity index (χ1v) is 5.24. The molecule has 0 aromatic heterocycles. The largest absolute Gasteiger partial charge is 0.497 e. The zero-order chi connectivity index (χ0) is 11.8. The average Bonchev–Trinajstić information content (AvgIpc) is 2.30. The summed E-state index contributed by atoms with van der Waals surface area (Å²) < 4.78 is 18.4. The molecule has 86 valence electrons. The summed E-state index contributed by atoms with van der Waals surface area (Å²) in [5.41, 5.74) is 0.640. The molecule has 0 atom stereocenters. The van der Waals surface area contributed by atoms with Gasteiger partial charge < -0.3 is 10.1 Å². The third-order valence-electron chi connectivity index (χ3n) is 2.25. The number of hydrogen-bond acceptors (Lipinski definition) is 2. The van der Waals surface area contributed by atoms with Crippen molar-refractivity contribution in [3.8, 4) is 18.1 Å². The first-order chi connectivity index (χ1) is 7.77. The Hall–Kier alpha value is -1.53. The van der Waals surface area contributed by atoms with Crippen LogP contribution in [0, 0.1) is 18.2 Å². The molecule has 0 aliphatic heterocycles. The minimum absolute atomic E-state index is 0.246. The van der Waals surface area contributed by atoms with E-state index in [4.69, 9.17) is 11.2 Å². The van der Waals surface area contributed by atoms with Crippen molar-refractivity contribution in [2.24, 2.45) is 0 Å². The summed E-state index contributed by atoms with van der Waals surface area (Å²) in [5.74, 6) is 2.85. The number of rotatable bonds is 6. The molecule has 0 aliphatic carbocycles. The molecule has 1 rings (SSSR count). The number of ether oxygens (including phenoxy) is 1. The van der Waals surface area contributed by atoms with Crippen molar-refractivity contribution >= 4 is 0 Å². The van der Waals surface area contributed by atoms with E-state index in [9.17, 15) is 4.39 Å². The lowest BCUT2D eigenvalue weighted by molar-refractivity contribution is 0.410. The molecule has 0 bridgehead atoms. The number of terminal acetylenes is 1. The quantitative estimate of drug-likeness (QED) is 0.588. The van der Waals surface area contributed by atoms with E-state index in [0.29, 0.717) is 17.9 Å². The van der Waals surface area contributed by atoms with Gasteiger partial charge in [0.1, 0.15) is 11.6 Å². The van der Waals surface area contributed by atoms with Crippen LogP contribution < -0.4 is 10.1 Å². The number of methoxy groups -OCH3 is 1. The molecule has 0 amide bonds. The molecule has 3 heteroatoms. The maximum atomic E-state index is 13.5. The van der Waals surface area contributed by atoms with Gasteiger partial charge in [0.2, 0.25) is 0 Å². The highest BCUT2D eigenvalue weighted by Gasteiger charge is 2.02. The second-order valence-corrected chi connectivity index (χ2v) is 3.44. The third kappa shape index (κ3) is 3.92. The lowest BCUT2D eigenvalue weighted by Crippen LogP contribution is -2.15. The molecule has 16 heavy (non-hydrogen) atoms. The highest BCUT2D eigenvalue weighted by molar-refractivity contribution is 5.28. The van der Waals surface area contributed by atoms with Crippen LogP contribution in [-0.4, -0.2) is 13.7 Å². The van der Waals surface area contributed by atoms with Crippen molar-refractivity contribution in [2.75, 3.05) is 13.7 Å². The van der Waals surface area contributed by atoms with Gasteiger partial charge in [-0.1, -0.05) is 6.07 Å². The Kier molecular flexibility index (Phi) is 5.38. The Morgan fingerprint density at radius 2 is 2.31 bits per heavy atom. The number of halogens is 1.